The summed E-state index contributed by atoms with van der Waals surface area (Å²) in [6.07, 6.45) is 6.29. The zero-order valence-corrected chi connectivity index (χ0v) is 11.5. The van der Waals surface area contributed by atoms with Gasteiger partial charge in [-0.05, 0) is 48.8 Å². The standard InChI is InChI=1S/C17H15NO2/c1-12-11-16(19)13(2)10-15(12)18-17(20)9-8-14-6-4-3-5-7-14/h3-11H,1-2H3/b9-8+,18-15?. The highest BCUT2D eigenvalue weighted by Gasteiger charge is 2.13. The van der Waals surface area contributed by atoms with E-state index in [0.29, 0.717) is 16.9 Å². The van der Waals surface area contributed by atoms with E-state index in [-0.39, 0.29) is 11.7 Å². The van der Waals surface area contributed by atoms with Crippen LogP contribution in [0.3, 0.4) is 0 Å². The van der Waals surface area contributed by atoms with Gasteiger partial charge in [-0.2, -0.15) is 0 Å². The summed E-state index contributed by atoms with van der Waals surface area (Å²) < 4.78 is 0. The summed E-state index contributed by atoms with van der Waals surface area (Å²) in [6.45, 7) is 3.49. The number of rotatable bonds is 2. The molecule has 0 heterocycles. The van der Waals surface area contributed by atoms with Crippen LogP contribution in [0.2, 0.25) is 0 Å². The zero-order valence-electron chi connectivity index (χ0n) is 11.5. The fraction of sp³-hybridized carbons (Fsp3) is 0.118. The third-order valence-electron chi connectivity index (χ3n) is 2.94. The van der Waals surface area contributed by atoms with E-state index in [0.717, 1.165) is 5.56 Å². The topological polar surface area (TPSA) is 46.5 Å². The van der Waals surface area contributed by atoms with Crippen LogP contribution in [0.4, 0.5) is 0 Å². The summed E-state index contributed by atoms with van der Waals surface area (Å²) in [7, 11) is 0. The van der Waals surface area contributed by atoms with Gasteiger partial charge in [-0.25, -0.2) is 4.99 Å². The molecule has 0 bridgehead atoms. The first-order chi connectivity index (χ1) is 9.56. The van der Waals surface area contributed by atoms with Gasteiger partial charge in [0.15, 0.2) is 5.78 Å². The predicted molar refractivity (Wildman–Crippen MR) is 80.4 cm³/mol. The Morgan fingerprint density at radius 1 is 1.05 bits per heavy atom. The lowest BCUT2D eigenvalue weighted by Crippen LogP contribution is -2.11. The molecule has 3 heteroatoms. The molecule has 1 aromatic rings. The average Bonchev–Trinajstić information content (AvgIpc) is 2.44. The van der Waals surface area contributed by atoms with Crippen molar-refractivity contribution < 1.29 is 9.59 Å². The predicted octanol–water partition coefficient (Wildman–Crippen LogP) is 3.14. The second-order valence-electron chi connectivity index (χ2n) is 4.60. The summed E-state index contributed by atoms with van der Waals surface area (Å²) in [6, 6.07) is 9.54. The molecular weight excluding hydrogens is 250 g/mol. The highest BCUT2D eigenvalue weighted by Crippen LogP contribution is 2.12. The van der Waals surface area contributed by atoms with E-state index in [9.17, 15) is 9.59 Å². The van der Waals surface area contributed by atoms with E-state index < -0.39 is 0 Å². The van der Waals surface area contributed by atoms with Gasteiger partial charge in [0.25, 0.3) is 5.91 Å². The van der Waals surface area contributed by atoms with E-state index in [1.165, 1.54) is 12.2 Å². The number of nitrogens with zero attached hydrogens (tertiary/aromatic N) is 1. The van der Waals surface area contributed by atoms with Crippen molar-refractivity contribution >= 4 is 23.5 Å². The SMILES string of the molecule is CC1=CC(=NC(=O)/C=C/c2ccccc2)C(C)=CC1=O. The Bertz CT molecular complexity index is 661. The molecule has 1 aliphatic rings. The van der Waals surface area contributed by atoms with Crippen LogP contribution in [-0.2, 0) is 9.59 Å². The summed E-state index contributed by atoms with van der Waals surface area (Å²) in [5.74, 6) is -0.372. The second-order valence-corrected chi connectivity index (χ2v) is 4.60. The smallest absolute Gasteiger partial charge is 0.270 e. The van der Waals surface area contributed by atoms with Crippen LogP contribution in [0.25, 0.3) is 6.08 Å². The molecule has 1 aliphatic carbocycles. The van der Waals surface area contributed by atoms with Crippen LogP contribution in [-0.4, -0.2) is 17.4 Å². The van der Waals surface area contributed by atoms with Crippen molar-refractivity contribution in [3.8, 4) is 0 Å². The van der Waals surface area contributed by atoms with Gasteiger partial charge in [0, 0.05) is 6.08 Å². The maximum Gasteiger partial charge on any atom is 0.270 e. The molecule has 20 heavy (non-hydrogen) atoms. The molecule has 2 rings (SSSR count). The first-order valence-corrected chi connectivity index (χ1v) is 6.33. The third kappa shape index (κ3) is 3.48. The fourth-order valence-electron chi connectivity index (χ4n) is 1.78. The number of benzene rings is 1. The van der Waals surface area contributed by atoms with Gasteiger partial charge in [-0.15, -0.1) is 0 Å². The lowest BCUT2D eigenvalue weighted by Gasteiger charge is -2.08. The normalized spacial score (nSPS) is 17.3. The largest absolute Gasteiger partial charge is 0.290 e. The molecule has 0 unspecified atom stereocenters. The zero-order chi connectivity index (χ0) is 14.5. The van der Waals surface area contributed by atoms with E-state index in [1.54, 1.807) is 26.0 Å². The number of hydrogen-bond acceptors (Lipinski definition) is 2. The summed E-state index contributed by atoms with van der Waals surface area (Å²) in [5.41, 5.74) is 2.79. The van der Waals surface area contributed by atoms with Crippen LogP contribution in [0.15, 0.2) is 64.7 Å². The molecule has 3 nitrogen and oxygen atoms in total. The molecule has 1 amide bonds. The molecule has 0 radical (unpaired) electrons. The Kier molecular flexibility index (Phi) is 4.20. The minimum Gasteiger partial charge on any atom is -0.290 e. The number of amides is 1. The Morgan fingerprint density at radius 2 is 1.75 bits per heavy atom. The van der Waals surface area contributed by atoms with Gasteiger partial charge in [0.2, 0.25) is 0 Å². The molecule has 0 saturated carbocycles. The third-order valence-corrected chi connectivity index (χ3v) is 2.94. The van der Waals surface area contributed by atoms with Crippen molar-refractivity contribution in [3.63, 3.8) is 0 Å². The van der Waals surface area contributed by atoms with Crippen LogP contribution < -0.4 is 0 Å². The molecule has 1 aromatic carbocycles. The first kappa shape index (κ1) is 13.9. The maximum atomic E-state index is 11.8. The lowest BCUT2D eigenvalue weighted by atomic mass is 9.99. The maximum absolute atomic E-state index is 11.8. The molecule has 100 valence electrons. The Balaban J connectivity index is 2.15. The monoisotopic (exact) mass is 265 g/mol. The van der Waals surface area contributed by atoms with Gasteiger partial charge < -0.3 is 0 Å². The van der Waals surface area contributed by atoms with Crippen LogP contribution in [0, 0.1) is 0 Å². The molecule has 0 fully saturated rings. The van der Waals surface area contributed by atoms with Gasteiger partial charge >= 0.3 is 0 Å². The molecule has 0 saturated heterocycles. The Hall–Kier alpha value is -2.55. The first-order valence-electron chi connectivity index (χ1n) is 6.33. The molecule has 0 aliphatic heterocycles. The highest BCUT2D eigenvalue weighted by atomic mass is 16.1. The van der Waals surface area contributed by atoms with E-state index >= 15 is 0 Å². The number of hydrogen-bond donors (Lipinski definition) is 0. The van der Waals surface area contributed by atoms with Crippen molar-refractivity contribution in [3.05, 3.63) is 65.3 Å². The van der Waals surface area contributed by atoms with Gasteiger partial charge in [-0.3, -0.25) is 9.59 Å². The lowest BCUT2D eigenvalue weighted by molar-refractivity contribution is -0.113. The molecule has 0 atom stereocenters. The van der Waals surface area contributed by atoms with Crippen molar-refractivity contribution in [2.24, 2.45) is 4.99 Å². The quantitative estimate of drug-likeness (QED) is 0.609. The second kappa shape index (κ2) is 6.06. The van der Waals surface area contributed by atoms with Gasteiger partial charge in [0.1, 0.15) is 0 Å². The summed E-state index contributed by atoms with van der Waals surface area (Å²) >= 11 is 0. The Morgan fingerprint density at radius 3 is 2.45 bits per heavy atom. The number of carbonyl (C=O) groups is 2. The highest BCUT2D eigenvalue weighted by molar-refractivity contribution is 6.24. The average molecular weight is 265 g/mol. The van der Waals surface area contributed by atoms with Crippen molar-refractivity contribution in [2.75, 3.05) is 0 Å². The van der Waals surface area contributed by atoms with Crippen LogP contribution >= 0.6 is 0 Å². The molecular formula is C17H15NO2. The number of aliphatic imine (C=N–C) groups is 1. The molecule has 0 spiro atoms. The fourth-order valence-corrected chi connectivity index (χ4v) is 1.78. The van der Waals surface area contributed by atoms with Crippen molar-refractivity contribution in [2.45, 2.75) is 13.8 Å². The number of allylic oxidation sites excluding steroid dienone is 4. The minimum absolute atomic E-state index is 0.0336. The van der Waals surface area contributed by atoms with Crippen molar-refractivity contribution in [1.29, 1.82) is 0 Å². The van der Waals surface area contributed by atoms with E-state index in [2.05, 4.69) is 4.99 Å². The summed E-state index contributed by atoms with van der Waals surface area (Å²) in [5, 5.41) is 0. The summed E-state index contributed by atoms with van der Waals surface area (Å²) in [4.78, 5) is 27.3. The number of carbonyl (C=O) groups excluding carboxylic acids is 2. The van der Waals surface area contributed by atoms with Gasteiger partial charge in [0.05, 0.1) is 5.71 Å². The number of ketones is 1. The molecule has 0 aromatic heterocycles. The van der Waals surface area contributed by atoms with Gasteiger partial charge in [-0.1, -0.05) is 30.3 Å². The Labute approximate surface area is 118 Å². The van der Waals surface area contributed by atoms with E-state index in [4.69, 9.17) is 0 Å². The van der Waals surface area contributed by atoms with E-state index in [1.807, 2.05) is 30.3 Å². The molecule has 0 N–H and O–H groups in total. The minimum atomic E-state index is -0.338. The van der Waals surface area contributed by atoms with Crippen LogP contribution in [0.1, 0.15) is 19.4 Å². The van der Waals surface area contributed by atoms with Crippen molar-refractivity contribution in [1.82, 2.24) is 0 Å². The van der Waals surface area contributed by atoms with Crippen LogP contribution in [0.5, 0.6) is 0 Å².